The molecule has 3 rings (SSSR count). The van der Waals surface area contributed by atoms with Gasteiger partial charge in [-0.25, -0.2) is 0 Å². The highest BCUT2D eigenvalue weighted by Crippen LogP contribution is 2.20. The van der Waals surface area contributed by atoms with Crippen LogP contribution in [0.1, 0.15) is 35.0 Å². The summed E-state index contributed by atoms with van der Waals surface area (Å²) in [4.78, 5) is 19.5. The summed E-state index contributed by atoms with van der Waals surface area (Å²) >= 11 is 1.46. The van der Waals surface area contributed by atoms with E-state index in [9.17, 15) is 4.79 Å². The quantitative estimate of drug-likeness (QED) is 0.208. The van der Waals surface area contributed by atoms with Crippen molar-refractivity contribution in [1.29, 1.82) is 0 Å². The van der Waals surface area contributed by atoms with Gasteiger partial charge in [0.15, 0.2) is 5.96 Å². The molecule has 1 fully saturated rings. The Labute approximate surface area is 200 Å². The van der Waals surface area contributed by atoms with Crippen LogP contribution in [-0.4, -0.2) is 55.5 Å². The second kappa shape index (κ2) is 12.9. The number of hydrogen-bond donors (Lipinski definition) is 3. The van der Waals surface area contributed by atoms with Gasteiger partial charge in [0.05, 0.1) is 4.88 Å². The summed E-state index contributed by atoms with van der Waals surface area (Å²) in [5, 5.41) is 11.8. The minimum atomic E-state index is 0. The van der Waals surface area contributed by atoms with Crippen molar-refractivity contribution in [3.8, 4) is 0 Å². The lowest BCUT2D eigenvalue weighted by atomic mass is 10.2. The van der Waals surface area contributed by atoms with Gasteiger partial charge in [0.2, 0.25) is 0 Å². The van der Waals surface area contributed by atoms with E-state index in [-0.39, 0.29) is 29.9 Å². The molecule has 2 atom stereocenters. The monoisotopic (exact) mass is 541 g/mol. The van der Waals surface area contributed by atoms with Crippen molar-refractivity contribution in [3.63, 3.8) is 0 Å². The van der Waals surface area contributed by atoms with E-state index in [2.05, 4.69) is 63.1 Å². The first-order chi connectivity index (χ1) is 14.2. The van der Waals surface area contributed by atoms with Crippen molar-refractivity contribution in [3.05, 3.63) is 58.3 Å². The van der Waals surface area contributed by atoms with Gasteiger partial charge in [-0.15, -0.1) is 35.3 Å². The van der Waals surface area contributed by atoms with Crippen molar-refractivity contribution in [2.45, 2.75) is 38.4 Å². The Morgan fingerprint density at radius 2 is 1.93 bits per heavy atom. The predicted octanol–water partition coefficient (Wildman–Crippen LogP) is 3.31. The Kier molecular flexibility index (Phi) is 10.6. The summed E-state index contributed by atoms with van der Waals surface area (Å²) in [6.45, 7) is 5.69. The summed E-state index contributed by atoms with van der Waals surface area (Å²) in [7, 11) is 1.80. The molecule has 1 amide bonds. The molecule has 0 bridgehead atoms. The minimum Gasteiger partial charge on any atom is -0.356 e. The number of rotatable bonds is 8. The molecule has 30 heavy (non-hydrogen) atoms. The Morgan fingerprint density at radius 3 is 2.63 bits per heavy atom. The van der Waals surface area contributed by atoms with Gasteiger partial charge in [0, 0.05) is 45.3 Å². The SMILES string of the molecule is CN=C(NCCCNC(=O)c1cccs1)NC1CC(C)N(Cc2ccccc2)C1.I. The van der Waals surface area contributed by atoms with E-state index in [1.165, 1.54) is 16.9 Å². The lowest BCUT2D eigenvalue weighted by molar-refractivity contribution is 0.0957. The van der Waals surface area contributed by atoms with Crippen LogP contribution < -0.4 is 16.0 Å². The first-order valence-electron chi connectivity index (χ1n) is 10.2. The Hall–Kier alpha value is -1.65. The number of likely N-dealkylation sites (tertiary alicyclic amines) is 1. The standard InChI is InChI=1S/C22H31N5OS.HI/c1-17-14-19(16-27(17)15-18-8-4-3-5-9-18)26-22(23-2)25-12-7-11-24-21(28)20-10-6-13-29-20;/h3-6,8-10,13,17,19H,7,11-12,14-16H2,1-2H3,(H,24,28)(H2,23,25,26);1H. The van der Waals surface area contributed by atoms with Crippen LogP contribution in [0.2, 0.25) is 0 Å². The molecule has 2 heterocycles. The van der Waals surface area contributed by atoms with Crippen LogP contribution >= 0.6 is 35.3 Å². The number of nitrogens with zero attached hydrogens (tertiary/aromatic N) is 2. The average molecular weight is 542 g/mol. The minimum absolute atomic E-state index is 0. The molecule has 1 aliphatic heterocycles. The van der Waals surface area contributed by atoms with Crippen molar-refractivity contribution in [2.24, 2.45) is 4.99 Å². The normalized spacial score (nSPS) is 19.2. The summed E-state index contributed by atoms with van der Waals surface area (Å²) < 4.78 is 0. The first kappa shape index (κ1) is 24.6. The number of guanidine groups is 1. The van der Waals surface area contributed by atoms with E-state index in [4.69, 9.17) is 0 Å². The third kappa shape index (κ3) is 7.55. The van der Waals surface area contributed by atoms with Crippen molar-refractivity contribution in [2.75, 3.05) is 26.7 Å². The highest BCUT2D eigenvalue weighted by molar-refractivity contribution is 14.0. The molecule has 6 nitrogen and oxygen atoms in total. The summed E-state index contributed by atoms with van der Waals surface area (Å²) in [6, 6.07) is 15.3. The molecule has 8 heteroatoms. The van der Waals surface area contributed by atoms with Gasteiger partial charge in [-0.05, 0) is 36.8 Å². The van der Waals surface area contributed by atoms with E-state index in [1.54, 1.807) is 7.05 Å². The Bertz CT molecular complexity index is 784. The van der Waals surface area contributed by atoms with Crippen LogP contribution in [0.15, 0.2) is 52.8 Å². The number of benzene rings is 1. The van der Waals surface area contributed by atoms with Crippen LogP contribution in [0.4, 0.5) is 0 Å². The number of nitrogens with one attached hydrogen (secondary N) is 3. The van der Waals surface area contributed by atoms with Gasteiger partial charge in [-0.3, -0.25) is 14.7 Å². The number of carbonyl (C=O) groups excluding carboxylic acids is 1. The zero-order valence-corrected chi connectivity index (χ0v) is 20.8. The molecule has 0 spiro atoms. The number of hydrogen-bond acceptors (Lipinski definition) is 4. The molecule has 0 radical (unpaired) electrons. The Morgan fingerprint density at radius 1 is 1.17 bits per heavy atom. The maximum Gasteiger partial charge on any atom is 0.261 e. The first-order valence-corrected chi connectivity index (χ1v) is 11.1. The average Bonchev–Trinajstić information content (AvgIpc) is 3.38. The van der Waals surface area contributed by atoms with Crippen molar-refractivity contribution in [1.82, 2.24) is 20.9 Å². The van der Waals surface area contributed by atoms with Crippen LogP contribution in [0.5, 0.6) is 0 Å². The molecule has 1 saturated heterocycles. The van der Waals surface area contributed by atoms with Crippen LogP contribution in [0.25, 0.3) is 0 Å². The highest BCUT2D eigenvalue weighted by Gasteiger charge is 2.29. The van der Waals surface area contributed by atoms with Gasteiger partial charge in [0.25, 0.3) is 5.91 Å². The maximum atomic E-state index is 11.9. The topological polar surface area (TPSA) is 68.8 Å². The molecule has 164 valence electrons. The summed E-state index contributed by atoms with van der Waals surface area (Å²) in [5.74, 6) is 0.828. The fourth-order valence-electron chi connectivity index (χ4n) is 3.62. The molecule has 0 aliphatic carbocycles. The summed E-state index contributed by atoms with van der Waals surface area (Å²) in [5.41, 5.74) is 1.35. The molecule has 0 saturated carbocycles. The lowest BCUT2D eigenvalue weighted by Gasteiger charge is -2.21. The molecule has 2 aromatic rings. The van der Waals surface area contributed by atoms with E-state index in [0.717, 1.165) is 43.3 Å². The van der Waals surface area contributed by atoms with E-state index in [1.807, 2.05) is 17.5 Å². The fourth-order valence-corrected chi connectivity index (χ4v) is 4.26. The maximum absolute atomic E-state index is 11.9. The van der Waals surface area contributed by atoms with Gasteiger partial charge in [-0.2, -0.15) is 0 Å². The van der Waals surface area contributed by atoms with Crippen LogP contribution in [0, 0.1) is 0 Å². The van der Waals surface area contributed by atoms with Gasteiger partial charge < -0.3 is 16.0 Å². The third-order valence-corrected chi connectivity index (χ3v) is 6.04. The molecule has 1 aliphatic rings. The van der Waals surface area contributed by atoms with Crippen LogP contribution in [-0.2, 0) is 6.54 Å². The largest absolute Gasteiger partial charge is 0.356 e. The molecule has 1 aromatic carbocycles. The van der Waals surface area contributed by atoms with Gasteiger partial charge in [0.1, 0.15) is 0 Å². The number of aliphatic imine (C=N–C) groups is 1. The molecular formula is C22H32IN5OS. The zero-order chi connectivity index (χ0) is 20.5. The number of halogens is 1. The smallest absolute Gasteiger partial charge is 0.261 e. The summed E-state index contributed by atoms with van der Waals surface area (Å²) in [6.07, 6.45) is 1.95. The molecule has 3 N–H and O–H groups in total. The van der Waals surface area contributed by atoms with Crippen molar-refractivity contribution < 1.29 is 4.79 Å². The zero-order valence-electron chi connectivity index (χ0n) is 17.6. The number of thiophene rings is 1. The van der Waals surface area contributed by atoms with Gasteiger partial charge in [-0.1, -0.05) is 36.4 Å². The molecular weight excluding hydrogens is 509 g/mol. The highest BCUT2D eigenvalue weighted by atomic mass is 127. The predicted molar refractivity (Wildman–Crippen MR) is 136 cm³/mol. The second-order valence-electron chi connectivity index (χ2n) is 7.43. The molecule has 2 unspecified atom stereocenters. The number of carbonyl (C=O) groups is 1. The Balaban J connectivity index is 0.00000320. The van der Waals surface area contributed by atoms with E-state index < -0.39 is 0 Å². The molecule has 1 aromatic heterocycles. The number of amides is 1. The van der Waals surface area contributed by atoms with E-state index in [0.29, 0.717) is 18.6 Å². The van der Waals surface area contributed by atoms with Gasteiger partial charge >= 0.3 is 0 Å². The fraction of sp³-hybridized carbons (Fsp3) is 0.455. The van der Waals surface area contributed by atoms with Crippen LogP contribution in [0.3, 0.4) is 0 Å². The lowest BCUT2D eigenvalue weighted by Crippen LogP contribution is -2.45. The third-order valence-electron chi connectivity index (χ3n) is 5.17. The van der Waals surface area contributed by atoms with E-state index >= 15 is 0 Å². The van der Waals surface area contributed by atoms with Crippen molar-refractivity contribution >= 4 is 47.2 Å². The second-order valence-corrected chi connectivity index (χ2v) is 8.37.